The molecule has 0 unspecified atom stereocenters. The van der Waals surface area contributed by atoms with Crippen molar-refractivity contribution in [3.05, 3.63) is 0 Å². The van der Waals surface area contributed by atoms with Crippen molar-refractivity contribution in [1.29, 1.82) is 0 Å². The lowest BCUT2D eigenvalue weighted by Crippen LogP contribution is -2.39. The summed E-state index contributed by atoms with van der Waals surface area (Å²) in [5, 5.41) is 35.0. The number of ether oxygens (including phenoxy) is 4. The fourth-order valence-corrected chi connectivity index (χ4v) is 3.71. The summed E-state index contributed by atoms with van der Waals surface area (Å²) in [4.78, 5) is 91.4. The van der Waals surface area contributed by atoms with Crippen molar-refractivity contribution in [2.75, 3.05) is 0 Å². The third-order valence-electron chi connectivity index (χ3n) is 5.75. The van der Waals surface area contributed by atoms with E-state index in [1.54, 1.807) is 0 Å². The van der Waals surface area contributed by atoms with E-state index in [0.717, 1.165) is 0 Å². The van der Waals surface area contributed by atoms with E-state index in [1.165, 1.54) is 0 Å². The zero-order valence-electron chi connectivity index (χ0n) is 21.5. The fourth-order valence-electron chi connectivity index (χ4n) is 3.71. The predicted molar refractivity (Wildman–Crippen MR) is 125 cm³/mol. The lowest BCUT2D eigenvalue weighted by atomic mass is 9.81. The number of hydrogen-bond acceptors (Lipinski definition) is 12. The van der Waals surface area contributed by atoms with Gasteiger partial charge in [0, 0.05) is 11.8 Å². The Labute approximate surface area is 227 Å². The van der Waals surface area contributed by atoms with Gasteiger partial charge in [-0.1, -0.05) is 0 Å². The Hall–Kier alpha value is -4.24. The topological polar surface area (TPSA) is 254 Å². The van der Waals surface area contributed by atoms with Gasteiger partial charge < -0.3 is 39.4 Å². The summed E-state index contributed by atoms with van der Waals surface area (Å²) in [6.07, 6.45) is -6.40. The van der Waals surface area contributed by atoms with Gasteiger partial charge in [0.05, 0.1) is 51.4 Å². The van der Waals surface area contributed by atoms with Crippen molar-refractivity contribution in [3.8, 4) is 0 Å². The monoisotopic (exact) mass is 576 g/mol. The molecule has 1 aliphatic rings. The fraction of sp³-hybridized carbons (Fsp3) is 0.667. The Morgan fingerprint density at radius 2 is 0.625 bits per heavy atom. The van der Waals surface area contributed by atoms with Crippen molar-refractivity contribution < 1.29 is 77.7 Å². The number of carboxylic acid groups (broad SMARTS) is 4. The highest BCUT2D eigenvalue weighted by Crippen LogP contribution is 2.36. The molecule has 1 aliphatic carbocycles. The molecule has 0 heterocycles. The van der Waals surface area contributed by atoms with Crippen LogP contribution in [0.3, 0.4) is 0 Å². The molecule has 1 rings (SSSR count). The van der Waals surface area contributed by atoms with Gasteiger partial charge in [-0.25, -0.2) is 0 Å². The van der Waals surface area contributed by atoms with Crippen molar-refractivity contribution in [2.45, 2.75) is 89.6 Å². The summed E-state index contributed by atoms with van der Waals surface area (Å²) in [6, 6.07) is 0. The van der Waals surface area contributed by atoms with Crippen LogP contribution in [0.5, 0.6) is 0 Å². The molecular weight excluding hydrogens is 544 g/mol. The van der Waals surface area contributed by atoms with Crippen LogP contribution in [0.4, 0.5) is 0 Å². The highest BCUT2D eigenvalue weighted by atomic mass is 16.7. The molecule has 0 radical (unpaired) electrons. The molecule has 0 bridgehead atoms. The summed E-state index contributed by atoms with van der Waals surface area (Å²) in [5.41, 5.74) is 0. The van der Waals surface area contributed by atoms with Gasteiger partial charge in [-0.05, 0) is 25.7 Å². The normalized spacial score (nSPS) is 16.6. The first-order valence-electron chi connectivity index (χ1n) is 12.4. The smallest absolute Gasteiger partial charge is 0.309 e. The minimum Gasteiger partial charge on any atom is -0.481 e. The molecule has 0 atom stereocenters. The summed E-state index contributed by atoms with van der Waals surface area (Å²) in [6.45, 7) is 0. The van der Waals surface area contributed by atoms with Crippen LogP contribution in [0.25, 0.3) is 0 Å². The molecule has 1 saturated carbocycles. The average molecular weight is 577 g/mol. The third-order valence-corrected chi connectivity index (χ3v) is 5.75. The molecule has 0 spiro atoms. The lowest BCUT2D eigenvalue weighted by Gasteiger charge is -2.35. The molecule has 0 aromatic heterocycles. The predicted octanol–water partition coefficient (Wildman–Crippen LogP) is 1.08. The minimum absolute atomic E-state index is 0.170. The number of hydrogen-bond donors (Lipinski definition) is 4. The Kier molecular flexibility index (Phi) is 14.7. The number of carbonyl (C=O) groups excluding carboxylic acids is 4. The van der Waals surface area contributed by atoms with Gasteiger partial charge in [0.2, 0.25) is 12.6 Å². The van der Waals surface area contributed by atoms with E-state index in [0.29, 0.717) is 0 Å². The van der Waals surface area contributed by atoms with Crippen molar-refractivity contribution in [1.82, 2.24) is 0 Å². The number of rotatable bonds is 18. The standard InChI is InChI=1S/C24H32O16/c25-15(26)5-9-19(33)37-23(38-20(34)10-6-16(27)28)13-1-2-14(4-3-13)24(39-21(35)11-7-17(29)30)40-22(36)12-8-18(31)32/h13-14,23-24H,1-12H2,(H,25,26)(H,27,28)(H,29,30)(H,31,32)/t13-,14+. The average Bonchev–Trinajstić information content (AvgIpc) is 2.87. The first-order valence-corrected chi connectivity index (χ1v) is 12.4. The third kappa shape index (κ3) is 14.6. The maximum Gasteiger partial charge on any atom is 0.309 e. The van der Waals surface area contributed by atoms with Crippen LogP contribution in [0.15, 0.2) is 0 Å². The van der Waals surface area contributed by atoms with Gasteiger partial charge in [0.15, 0.2) is 0 Å². The van der Waals surface area contributed by atoms with E-state index in [1.807, 2.05) is 0 Å². The van der Waals surface area contributed by atoms with Gasteiger partial charge in [0.1, 0.15) is 0 Å². The summed E-state index contributed by atoms with van der Waals surface area (Å²) in [7, 11) is 0. The molecule has 16 nitrogen and oxygen atoms in total. The highest BCUT2D eigenvalue weighted by Gasteiger charge is 2.38. The first kappa shape index (κ1) is 33.8. The van der Waals surface area contributed by atoms with Crippen LogP contribution in [-0.4, -0.2) is 80.8 Å². The Morgan fingerprint density at radius 1 is 0.425 bits per heavy atom. The zero-order chi connectivity index (χ0) is 30.2. The summed E-state index contributed by atoms with van der Waals surface area (Å²) in [5.74, 6) is -10.1. The molecule has 0 saturated heterocycles. The van der Waals surface area contributed by atoms with E-state index in [-0.39, 0.29) is 25.7 Å². The first-order chi connectivity index (χ1) is 18.8. The Morgan fingerprint density at radius 3 is 0.800 bits per heavy atom. The molecule has 0 aromatic rings. The molecule has 16 heteroatoms. The van der Waals surface area contributed by atoms with Gasteiger partial charge in [-0.15, -0.1) is 0 Å². The van der Waals surface area contributed by atoms with Crippen LogP contribution >= 0.6 is 0 Å². The maximum atomic E-state index is 12.1. The van der Waals surface area contributed by atoms with Gasteiger partial charge in [-0.2, -0.15) is 0 Å². The maximum absolute atomic E-state index is 12.1. The number of carboxylic acids is 4. The summed E-state index contributed by atoms with van der Waals surface area (Å²) >= 11 is 0. The van der Waals surface area contributed by atoms with Crippen LogP contribution in [0.2, 0.25) is 0 Å². The summed E-state index contributed by atoms with van der Waals surface area (Å²) < 4.78 is 20.7. The van der Waals surface area contributed by atoms with Crippen LogP contribution < -0.4 is 0 Å². The van der Waals surface area contributed by atoms with E-state index in [2.05, 4.69) is 0 Å². The molecule has 4 N–H and O–H groups in total. The van der Waals surface area contributed by atoms with Crippen molar-refractivity contribution >= 4 is 47.8 Å². The quantitative estimate of drug-likeness (QED) is 0.131. The second-order valence-electron chi connectivity index (χ2n) is 8.95. The van der Waals surface area contributed by atoms with E-state index >= 15 is 0 Å². The molecule has 224 valence electrons. The molecule has 0 aromatic carbocycles. The van der Waals surface area contributed by atoms with E-state index in [4.69, 9.17) is 39.4 Å². The van der Waals surface area contributed by atoms with Crippen molar-refractivity contribution in [2.24, 2.45) is 11.8 Å². The molecule has 0 aliphatic heterocycles. The van der Waals surface area contributed by atoms with Crippen LogP contribution in [0, 0.1) is 11.8 Å². The second-order valence-corrected chi connectivity index (χ2v) is 8.95. The minimum atomic E-state index is -1.46. The number of carbonyl (C=O) groups is 8. The zero-order valence-corrected chi connectivity index (χ0v) is 21.5. The van der Waals surface area contributed by atoms with Crippen molar-refractivity contribution in [3.63, 3.8) is 0 Å². The van der Waals surface area contributed by atoms with E-state index < -0.39 is 124 Å². The SMILES string of the molecule is O=C(O)CCC(=O)OC(OC(=O)CCC(=O)O)[C@H]1CC[C@@H](C(OC(=O)CCC(=O)O)OC(=O)CCC(=O)O)CC1. The highest BCUT2D eigenvalue weighted by molar-refractivity contribution is 5.79. The second kappa shape index (κ2) is 17.4. The largest absolute Gasteiger partial charge is 0.481 e. The van der Waals surface area contributed by atoms with Gasteiger partial charge in [-0.3, -0.25) is 38.4 Å². The van der Waals surface area contributed by atoms with Gasteiger partial charge in [0.25, 0.3) is 0 Å². The van der Waals surface area contributed by atoms with E-state index in [9.17, 15) is 38.4 Å². The van der Waals surface area contributed by atoms with Crippen LogP contribution in [-0.2, 0) is 57.3 Å². The van der Waals surface area contributed by atoms with Crippen LogP contribution in [0.1, 0.15) is 77.0 Å². The molecule has 1 fully saturated rings. The molecule has 0 amide bonds. The molecule has 40 heavy (non-hydrogen) atoms. The Bertz CT molecular complexity index is 809. The number of esters is 4. The lowest BCUT2D eigenvalue weighted by molar-refractivity contribution is -0.211. The molecular formula is C24H32O16. The van der Waals surface area contributed by atoms with Gasteiger partial charge >= 0.3 is 47.8 Å². The number of aliphatic carboxylic acids is 4. The Balaban J connectivity index is 2.92.